The minimum Gasteiger partial charge on any atom is -0.339 e. The van der Waals surface area contributed by atoms with Gasteiger partial charge in [-0.3, -0.25) is 14.5 Å². The van der Waals surface area contributed by atoms with Crippen molar-refractivity contribution in [3.63, 3.8) is 0 Å². The lowest BCUT2D eigenvalue weighted by Crippen LogP contribution is -2.35. The van der Waals surface area contributed by atoms with Crippen molar-refractivity contribution in [2.24, 2.45) is 0 Å². The van der Waals surface area contributed by atoms with Gasteiger partial charge in [-0.05, 0) is 26.1 Å². The van der Waals surface area contributed by atoms with Crippen molar-refractivity contribution < 1.29 is 4.52 Å². The second-order valence-corrected chi connectivity index (χ2v) is 5.89. The van der Waals surface area contributed by atoms with Crippen molar-refractivity contribution in [1.29, 1.82) is 0 Å². The van der Waals surface area contributed by atoms with Gasteiger partial charge >= 0.3 is 0 Å². The summed E-state index contributed by atoms with van der Waals surface area (Å²) in [4.78, 5) is 9.21. The highest BCUT2D eigenvalue weighted by Gasteiger charge is 2.26. The Bertz CT molecular complexity index is 566. The Balaban J connectivity index is 1.45. The molecule has 1 atom stereocenters. The molecule has 1 fully saturated rings. The number of nitrogens with zero attached hydrogens (tertiary/aromatic N) is 6. The highest BCUT2D eigenvalue weighted by Crippen LogP contribution is 2.16. The minimum atomic E-state index is 0.557. The number of aryl methyl sites for hydroxylation is 1. The van der Waals surface area contributed by atoms with Gasteiger partial charge in [0, 0.05) is 37.9 Å². The molecule has 0 aliphatic carbocycles. The maximum Gasteiger partial charge on any atom is 0.226 e. The molecule has 3 heterocycles. The lowest BCUT2D eigenvalue weighted by atomic mass is 10.2. The van der Waals surface area contributed by atoms with E-state index in [4.69, 9.17) is 4.52 Å². The van der Waals surface area contributed by atoms with Crippen LogP contribution in [0.15, 0.2) is 23.0 Å². The average Bonchev–Trinajstić information content (AvgIpc) is 3.26. The van der Waals surface area contributed by atoms with Crippen molar-refractivity contribution in [2.75, 3.05) is 26.7 Å². The van der Waals surface area contributed by atoms with Crippen LogP contribution in [-0.2, 0) is 19.5 Å². The van der Waals surface area contributed by atoms with E-state index < -0.39 is 0 Å². The Morgan fingerprint density at radius 3 is 3.05 bits per heavy atom. The van der Waals surface area contributed by atoms with E-state index in [-0.39, 0.29) is 0 Å². The van der Waals surface area contributed by atoms with Gasteiger partial charge in [0.1, 0.15) is 0 Å². The lowest BCUT2D eigenvalue weighted by Gasteiger charge is -2.23. The third kappa shape index (κ3) is 3.72. The third-order valence-corrected chi connectivity index (χ3v) is 4.28. The third-order valence-electron chi connectivity index (χ3n) is 4.28. The largest absolute Gasteiger partial charge is 0.339 e. The Labute approximate surface area is 130 Å². The second-order valence-electron chi connectivity index (χ2n) is 5.89. The summed E-state index contributed by atoms with van der Waals surface area (Å²) < 4.78 is 7.16. The monoisotopic (exact) mass is 304 g/mol. The molecule has 1 saturated heterocycles. The van der Waals surface area contributed by atoms with Gasteiger partial charge in [0.15, 0.2) is 5.82 Å². The van der Waals surface area contributed by atoms with Crippen LogP contribution >= 0.6 is 0 Å². The Hall–Kier alpha value is -1.73. The molecule has 0 bridgehead atoms. The lowest BCUT2D eigenvalue weighted by molar-refractivity contribution is 0.215. The van der Waals surface area contributed by atoms with Crippen LogP contribution in [0.4, 0.5) is 0 Å². The molecular weight excluding hydrogens is 280 g/mol. The fraction of sp³-hybridized carbons (Fsp3) is 0.667. The van der Waals surface area contributed by atoms with Crippen molar-refractivity contribution in [3.8, 4) is 0 Å². The van der Waals surface area contributed by atoms with Crippen LogP contribution in [0.25, 0.3) is 0 Å². The molecule has 0 aromatic carbocycles. The normalized spacial score (nSPS) is 19.3. The first kappa shape index (κ1) is 15.2. The number of hydrogen-bond donors (Lipinski definition) is 0. The molecule has 7 heteroatoms. The SMILES string of the molecule is CCc1nc(CN(C)[C@@H]2CCN(CCn3cccn3)C2)no1. The van der Waals surface area contributed by atoms with Crippen molar-refractivity contribution in [3.05, 3.63) is 30.2 Å². The van der Waals surface area contributed by atoms with E-state index in [1.54, 1.807) is 0 Å². The van der Waals surface area contributed by atoms with E-state index in [0.717, 1.165) is 50.9 Å². The molecule has 0 saturated carbocycles. The number of hydrogen-bond acceptors (Lipinski definition) is 6. The van der Waals surface area contributed by atoms with Gasteiger partial charge in [-0.15, -0.1) is 0 Å². The quantitative estimate of drug-likeness (QED) is 0.761. The van der Waals surface area contributed by atoms with Crippen LogP contribution in [0.3, 0.4) is 0 Å². The Morgan fingerprint density at radius 2 is 2.32 bits per heavy atom. The molecule has 22 heavy (non-hydrogen) atoms. The second kappa shape index (κ2) is 7.02. The van der Waals surface area contributed by atoms with Gasteiger partial charge in [-0.2, -0.15) is 10.1 Å². The first-order valence-corrected chi connectivity index (χ1v) is 7.96. The van der Waals surface area contributed by atoms with Crippen molar-refractivity contribution in [2.45, 2.75) is 38.9 Å². The summed E-state index contributed by atoms with van der Waals surface area (Å²) in [5, 5.41) is 8.28. The molecule has 2 aromatic rings. The molecule has 3 rings (SSSR count). The van der Waals surface area contributed by atoms with Crippen LogP contribution in [0.1, 0.15) is 25.1 Å². The molecule has 0 N–H and O–H groups in total. The first-order valence-electron chi connectivity index (χ1n) is 7.96. The molecule has 1 aliphatic rings. The maximum absolute atomic E-state index is 5.17. The summed E-state index contributed by atoms with van der Waals surface area (Å²) in [6.07, 6.45) is 5.83. The molecule has 0 radical (unpaired) electrons. The summed E-state index contributed by atoms with van der Waals surface area (Å²) in [7, 11) is 2.14. The molecule has 1 aliphatic heterocycles. The highest BCUT2D eigenvalue weighted by atomic mass is 16.5. The van der Waals surface area contributed by atoms with E-state index in [1.165, 1.54) is 6.42 Å². The predicted octanol–water partition coefficient (Wildman–Crippen LogP) is 1.03. The number of aromatic nitrogens is 4. The summed E-state index contributed by atoms with van der Waals surface area (Å²) in [6, 6.07) is 2.52. The zero-order valence-electron chi connectivity index (χ0n) is 13.4. The number of likely N-dealkylation sites (N-methyl/N-ethyl adjacent to an activating group) is 1. The van der Waals surface area contributed by atoms with Gasteiger partial charge in [0.25, 0.3) is 0 Å². The van der Waals surface area contributed by atoms with Crippen LogP contribution < -0.4 is 0 Å². The van der Waals surface area contributed by atoms with E-state index >= 15 is 0 Å². The predicted molar refractivity (Wildman–Crippen MR) is 82.2 cm³/mol. The minimum absolute atomic E-state index is 0.557. The molecule has 7 nitrogen and oxygen atoms in total. The average molecular weight is 304 g/mol. The molecule has 0 spiro atoms. The highest BCUT2D eigenvalue weighted by molar-refractivity contribution is 4.89. The van der Waals surface area contributed by atoms with E-state index in [2.05, 4.69) is 32.1 Å². The molecule has 0 amide bonds. The fourth-order valence-electron chi connectivity index (χ4n) is 2.90. The zero-order chi connectivity index (χ0) is 15.4. The summed E-state index contributed by atoms with van der Waals surface area (Å²) in [5.41, 5.74) is 0. The Morgan fingerprint density at radius 1 is 1.41 bits per heavy atom. The number of rotatable bonds is 7. The van der Waals surface area contributed by atoms with Gasteiger partial charge in [-0.1, -0.05) is 12.1 Å². The molecule has 2 aromatic heterocycles. The van der Waals surface area contributed by atoms with Crippen LogP contribution in [-0.4, -0.2) is 62.4 Å². The molecular formula is C15H24N6O. The summed E-state index contributed by atoms with van der Waals surface area (Å²) >= 11 is 0. The van der Waals surface area contributed by atoms with Gasteiger partial charge in [-0.25, -0.2) is 0 Å². The fourth-order valence-corrected chi connectivity index (χ4v) is 2.90. The summed E-state index contributed by atoms with van der Waals surface area (Å²) in [6.45, 7) is 7.01. The Kier molecular flexibility index (Phi) is 4.84. The maximum atomic E-state index is 5.17. The van der Waals surface area contributed by atoms with E-state index in [0.29, 0.717) is 6.04 Å². The van der Waals surface area contributed by atoms with Crippen molar-refractivity contribution in [1.82, 2.24) is 29.7 Å². The number of likely N-dealkylation sites (tertiary alicyclic amines) is 1. The van der Waals surface area contributed by atoms with E-state index in [1.807, 2.05) is 30.1 Å². The smallest absolute Gasteiger partial charge is 0.226 e. The van der Waals surface area contributed by atoms with Crippen molar-refractivity contribution >= 4 is 0 Å². The van der Waals surface area contributed by atoms with Gasteiger partial charge < -0.3 is 4.52 Å². The molecule has 0 unspecified atom stereocenters. The van der Waals surface area contributed by atoms with Gasteiger partial charge in [0.05, 0.1) is 13.1 Å². The van der Waals surface area contributed by atoms with Gasteiger partial charge in [0.2, 0.25) is 5.89 Å². The molecule has 120 valence electrons. The zero-order valence-corrected chi connectivity index (χ0v) is 13.4. The van der Waals surface area contributed by atoms with Crippen LogP contribution in [0.5, 0.6) is 0 Å². The standard InChI is InChI=1S/C15H24N6O/c1-3-15-17-14(18-22-15)12-19(2)13-5-8-20(11-13)9-10-21-7-4-6-16-21/h4,6-7,13H,3,5,8-12H2,1-2H3/t13-/m1/s1. The topological polar surface area (TPSA) is 63.2 Å². The summed E-state index contributed by atoms with van der Waals surface area (Å²) in [5.74, 6) is 1.50. The van der Waals surface area contributed by atoms with Crippen LogP contribution in [0, 0.1) is 0 Å². The van der Waals surface area contributed by atoms with Crippen LogP contribution in [0.2, 0.25) is 0 Å². The van der Waals surface area contributed by atoms with E-state index in [9.17, 15) is 0 Å². The first-order chi connectivity index (χ1) is 10.7.